The van der Waals surface area contributed by atoms with Crippen molar-refractivity contribution in [3.63, 3.8) is 0 Å². The van der Waals surface area contributed by atoms with Gasteiger partial charge in [-0.05, 0) is 42.7 Å². The summed E-state index contributed by atoms with van der Waals surface area (Å²) in [6, 6.07) is 14.1. The van der Waals surface area contributed by atoms with Gasteiger partial charge < -0.3 is 14.9 Å². The van der Waals surface area contributed by atoms with Crippen molar-refractivity contribution >= 4 is 17.5 Å². The highest BCUT2D eigenvalue weighted by Gasteiger charge is 2.16. The summed E-state index contributed by atoms with van der Waals surface area (Å²) in [6.45, 7) is 3.45. The summed E-state index contributed by atoms with van der Waals surface area (Å²) >= 11 is 0. The van der Waals surface area contributed by atoms with Crippen molar-refractivity contribution in [2.75, 3.05) is 0 Å². The first-order valence-corrected chi connectivity index (χ1v) is 7.39. The van der Waals surface area contributed by atoms with E-state index in [4.69, 9.17) is 9.84 Å². The normalized spacial score (nSPS) is 12.5. The van der Waals surface area contributed by atoms with Crippen LogP contribution in [0.3, 0.4) is 0 Å². The maximum atomic E-state index is 11.5. The smallest absolute Gasteiger partial charge is 0.339 e. The molecule has 0 aliphatic heterocycles. The highest BCUT2D eigenvalue weighted by molar-refractivity contribution is 5.94. The number of carboxylic acid groups (broad SMARTS) is 2. The number of aliphatic carboxylic acids is 1. The number of benzene rings is 2. The van der Waals surface area contributed by atoms with Crippen LogP contribution in [0.5, 0.6) is 5.75 Å². The van der Waals surface area contributed by atoms with Gasteiger partial charge in [-0.2, -0.15) is 0 Å². The zero-order valence-corrected chi connectivity index (χ0v) is 13.4. The van der Waals surface area contributed by atoms with Crippen LogP contribution in [-0.4, -0.2) is 22.2 Å². The van der Waals surface area contributed by atoms with Crippen molar-refractivity contribution in [3.8, 4) is 5.75 Å². The molecule has 0 saturated carbocycles. The van der Waals surface area contributed by atoms with Crippen LogP contribution in [0.25, 0.3) is 5.57 Å². The number of carboxylic acids is 2. The fraction of sp³-hybridized carbons (Fsp3) is 0.158. The van der Waals surface area contributed by atoms with Crippen LogP contribution in [0.2, 0.25) is 0 Å². The molecular weight excluding hydrogens is 308 g/mol. The second-order valence-corrected chi connectivity index (χ2v) is 5.35. The van der Waals surface area contributed by atoms with E-state index in [0.717, 1.165) is 11.6 Å². The summed E-state index contributed by atoms with van der Waals surface area (Å²) in [5.41, 5.74) is 1.91. The molecular formula is C19H18O5. The minimum Gasteiger partial charge on any atom is -0.485 e. The van der Waals surface area contributed by atoms with Gasteiger partial charge in [-0.25, -0.2) is 9.59 Å². The molecule has 124 valence electrons. The second kappa shape index (κ2) is 7.46. The topological polar surface area (TPSA) is 83.8 Å². The van der Waals surface area contributed by atoms with Crippen molar-refractivity contribution < 1.29 is 24.5 Å². The summed E-state index contributed by atoms with van der Waals surface area (Å²) < 4.78 is 5.79. The number of hydrogen-bond acceptors (Lipinski definition) is 3. The predicted octanol–water partition coefficient (Wildman–Crippen LogP) is 4.01. The molecule has 0 aromatic heterocycles. The van der Waals surface area contributed by atoms with Crippen LogP contribution in [0, 0.1) is 0 Å². The van der Waals surface area contributed by atoms with E-state index in [2.05, 4.69) is 0 Å². The lowest BCUT2D eigenvalue weighted by Crippen LogP contribution is -2.08. The molecule has 0 heterocycles. The summed E-state index contributed by atoms with van der Waals surface area (Å²) in [4.78, 5) is 22.3. The van der Waals surface area contributed by atoms with Gasteiger partial charge in [0.2, 0.25) is 0 Å². The Hall–Kier alpha value is -3.08. The van der Waals surface area contributed by atoms with E-state index < -0.39 is 11.9 Å². The standard InChI is InChI=1S/C19H18O5/c1-12(10-18(20)21)15-8-9-17(16(11-15)19(22)23)24-13(2)14-6-4-3-5-7-14/h3-11,13H,1-2H3,(H,20,21)(H,22,23). The Bertz CT molecular complexity index is 778. The number of carbonyl (C=O) groups is 2. The number of hydrogen-bond donors (Lipinski definition) is 2. The molecule has 1 unspecified atom stereocenters. The van der Waals surface area contributed by atoms with E-state index in [0.29, 0.717) is 11.1 Å². The molecule has 2 aromatic carbocycles. The van der Waals surface area contributed by atoms with E-state index in [-0.39, 0.29) is 17.4 Å². The molecule has 2 rings (SSSR count). The first-order chi connectivity index (χ1) is 11.4. The number of rotatable bonds is 6. The van der Waals surface area contributed by atoms with Crippen LogP contribution < -0.4 is 4.74 Å². The predicted molar refractivity (Wildman–Crippen MR) is 90.2 cm³/mol. The lowest BCUT2D eigenvalue weighted by Gasteiger charge is -2.17. The molecule has 0 amide bonds. The van der Waals surface area contributed by atoms with E-state index in [1.54, 1.807) is 19.1 Å². The van der Waals surface area contributed by atoms with Gasteiger partial charge in [0.25, 0.3) is 0 Å². The fourth-order valence-electron chi connectivity index (χ4n) is 2.30. The van der Waals surface area contributed by atoms with Gasteiger partial charge in [-0.1, -0.05) is 36.4 Å². The molecule has 2 N–H and O–H groups in total. The van der Waals surface area contributed by atoms with Crippen LogP contribution in [-0.2, 0) is 4.79 Å². The lowest BCUT2D eigenvalue weighted by atomic mass is 10.0. The fourth-order valence-corrected chi connectivity index (χ4v) is 2.30. The van der Waals surface area contributed by atoms with Gasteiger partial charge in [0.1, 0.15) is 17.4 Å². The number of ether oxygens (including phenoxy) is 1. The van der Waals surface area contributed by atoms with Crippen molar-refractivity contribution in [1.29, 1.82) is 0 Å². The van der Waals surface area contributed by atoms with E-state index in [1.807, 2.05) is 37.3 Å². The van der Waals surface area contributed by atoms with Gasteiger partial charge in [0.05, 0.1) is 0 Å². The van der Waals surface area contributed by atoms with E-state index >= 15 is 0 Å². The van der Waals surface area contributed by atoms with Gasteiger partial charge in [-0.3, -0.25) is 0 Å². The molecule has 24 heavy (non-hydrogen) atoms. The SMILES string of the molecule is CC(=CC(=O)O)c1ccc(OC(C)c2ccccc2)c(C(=O)O)c1. The maximum absolute atomic E-state index is 11.5. The second-order valence-electron chi connectivity index (χ2n) is 5.35. The van der Waals surface area contributed by atoms with Crippen molar-refractivity contribution in [2.45, 2.75) is 20.0 Å². The largest absolute Gasteiger partial charge is 0.485 e. The molecule has 1 atom stereocenters. The Labute approximate surface area is 139 Å². The van der Waals surface area contributed by atoms with Crippen LogP contribution in [0.15, 0.2) is 54.6 Å². The summed E-state index contributed by atoms with van der Waals surface area (Å²) in [6.07, 6.45) is 0.722. The number of aromatic carboxylic acids is 1. The quantitative estimate of drug-likeness (QED) is 0.784. The van der Waals surface area contributed by atoms with E-state index in [1.165, 1.54) is 6.07 Å². The van der Waals surface area contributed by atoms with E-state index in [9.17, 15) is 14.7 Å². The highest BCUT2D eigenvalue weighted by Crippen LogP contribution is 2.28. The molecule has 0 aliphatic rings. The van der Waals surface area contributed by atoms with Gasteiger partial charge in [0.15, 0.2) is 0 Å². The molecule has 0 radical (unpaired) electrons. The molecule has 5 nitrogen and oxygen atoms in total. The summed E-state index contributed by atoms with van der Waals surface area (Å²) in [5, 5.41) is 18.2. The molecule has 0 spiro atoms. The molecule has 0 bridgehead atoms. The van der Waals surface area contributed by atoms with Gasteiger partial charge in [0, 0.05) is 6.08 Å². The van der Waals surface area contributed by atoms with Crippen molar-refractivity contribution in [3.05, 3.63) is 71.3 Å². The van der Waals surface area contributed by atoms with Gasteiger partial charge >= 0.3 is 11.9 Å². The third-order valence-corrected chi connectivity index (χ3v) is 3.58. The first-order valence-electron chi connectivity index (χ1n) is 7.39. The lowest BCUT2D eigenvalue weighted by molar-refractivity contribution is -0.131. The average Bonchev–Trinajstić information content (AvgIpc) is 2.55. The van der Waals surface area contributed by atoms with Crippen molar-refractivity contribution in [1.82, 2.24) is 0 Å². The Kier molecular flexibility index (Phi) is 5.37. The Morgan fingerprint density at radius 1 is 1.08 bits per heavy atom. The third-order valence-electron chi connectivity index (χ3n) is 3.58. The van der Waals surface area contributed by atoms with Crippen LogP contribution in [0.4, 0.5) is 0 Å². The minimum atomic E-state index is -1.13. The zero-order chi connectivity index (χ0) is 17.7. The van der Waals surface area contributed by atoms with Crippen LogP contribution >= 0.6 is 0 Å². The third kappa shape index (κ3) is 4.23. The van der Waals surface area contributed by atoms with Gasteiger partial charge in [-0.15, -0.1) is 0 Å². The summed E-state index contributed by atoms with van der Waals surface area (Å²) in [5.74, 6) is -1.97. The number of allylic oxidation sites excluding steroid dienone is 1. The highest BCUT2D eigenvalue weighted by atomic mass is 16.5. The monoisotopic (exact) mass is 326 g/mol. The Morgan fingerprint density at radius 3 is 2.33 bits per heavy atom. The molecule has 2 aromatic rings. The molecule has 0 aliphatic carbocycles. The van der Waals surface area contributed by atoms with Crippen LogP contribution in [0.1, 0.15) is 41.4 Å². The Morgan fingerprint density at radius 2 is 1.75 bits per heavy atom. The molecule has 5 heteroatoms. The first kappa shape index (κ1) is 17.3. The Balaban J connectivity index is 2.34. The average molecular weight is 326 g/mol. The molecule has 0 saturated heterocycles. The molecule has 0 fully saturated rings. The maximum Gasteiger partial charge on any atom is 0.339 e. The summed E-state index contributed by atoms with van der Waals surface area (Å²) in [7, 11) is 0. The minimum absolute atomic E-state index is 0.00609. The van der Waals surface area contributed by atoms with Crippen molar-refractivity contribution in [2.24, 2.45) is 0 Å². The zero-order valence-electron chi connectivity index (χ0n) is 13.4.